The average Bonchev–Trinajstić information content (AvgIpc) is 2.58. The van der Waals surface area contributed by atoms with Crippen molar-refractivity contribution < 1.29 is 9.66 Å². The van der Waals surface area contributed by atoms with E-state index in [1.54, 1.807) is 48.5 Å². The first-order valence-corrected chi connectivity index (χ1v) is 6.60. The van der Waals surface area contributed by atoms with Crippen LogP contribution in [0.25, 0.3) is 6.08 Å². The van der Waals surface area contributed by atoms with E-state index in [2.05, 4.69) is 0 Å². The van der Waals surface area contributed by atoms with E-state index < -0.39 is 4.92 Å². The number of hydrogen-bond acceptors (Lipinski definition) is 5. The maximum atomic E-state index is 10.6. The number of ether oxygens (including phenoxy) is 1. The molecule has 2 aromatic carbocycles. The highest BCUT2D eigenvalue weighted by Gasteiger charge is 2.04. The lowest BCUT2D eigenvalue weighted by molar-refractivity contribution is -0.384. The lowest BCUT2D eigenvalue weighted by Crippen LogP contribution is -1.96. The standard InChI is InChI=1S/C17H11N3O3/c18-10-15(11-19)8-14-2-1-3-17(9-14)23-12-13-4-6-16(7-5-13)20(21)22/h1-9H,12H2. The molecule has 0 atom stereocenters. The van der Waals surface area contributed by atoms with E-state index in [4.69, 9.17) is 15.3 Å². The Hall–Kier alpha value is -3.64. The van der Waals surface area contributed by atoms with Crippen molar-refractivity contribution in [2.75, 3.05) is 0 Å². The Kier molecular flexibility index (Phi) is 5.06. The van der Waals surface area contributed by atoms with E-state index in [9.17, 15) is 10.1 Å². The second-order valence-corrected chi connectivity index (χ2v) is 4.57. The van der Waals surface area contributed by atoms with Crippen LogP contribution in [0.3, 0.4) is 0 Å². The van der Waals surface area contributed by atoms with Gasteiger partial charge in [0.05, 0.1) is 4.92 Å². The Morgan fingerprint density at radius 1 is 1.17 bits per heavy atom. The zero-order valence-corrected chi connectivity index (χ0v) is 12.0. The van der Waals surface area contributed by atoms with Crippen molar-refractivity contribution in [2.24, 2.45) is 0 Å². The zero-order chi connectivity index (χ0) is 16.7. The maximum Gasteiger partial charge on any atom is 0.269 e. The fraction of sp³-hybridized carbons (Fsp3) is 0.0588. The molecule has 6 heteroatoms. The molecule has 0 aliphatic rings. The monoisotopic (exact) mass is 305 g/mol. The molecule has 0 saturated heterocycles. The summed E-state index contributed by atoms with van der Waals surface area (Å²) >= 11 is 0. The number of nitrogens with zero attached hydrogens (tertiary/aromatic N) is 3. The molecule has 0 unspecified atom stereocenters. The second-order valence-electron chi connectivity index (χ2n) is 4.57. The van der Waals surface area contributed by atoms with Gasteiger partial charge in [0.15, 0.2) is 0 Å². The van der Waals surface area contributed by atoms with Gasteiger partial charge in [-0.2, -0.15) is 10.5 Å². The average molecular weight is 305 g/mol. The van der Waals surface area contributed by atoms with Crippen molar-refractivity contribution in [3.8, 4) is 17.9 Å². The van der Waals surface area contributed by atoms with Crippen molar-refractivity contribution in [3.05, 3.63) is 75.3 Å². The minimum Gasteiger partial charge on any atom is -0.489 e. The molecule has 0 radical (unpaired) electrons. The van der Waals surface area contributed by atoms with Crippen LogP contribution in [0.2, 0.25) is 0 Å². The van der Waals surface area contributed by atoms with Crippen molar-refractivity contribution in [3.63, 3.8) is 0 Å². The number of nitriles is 2. The molecule has 0 amide bonds. The molecule has 0 aliphatic heterocycles. The minimum atomic E-state index is -0.456. The first-order valence-electron chi connectivity index (χ1n) is 6.60. The van der Waals surface area contributed by atoms with Crippen molar-refractivity contribution in [1.29, 1.82) is 10.5 Å². The number of rotatable bonds is 5. The topological polar surface area (TPSA) is 100.0 Å². The van der Waals surface area contributed by atoms with Gasteiger partial charge in [0.2, 0.25) is 0 Å². The van der Waals surface area contributed by atoms with Crippen molar-refractivity contribution in [1.82, 2.24) is 0 Å². The molecule has 2 rings (SSSR count). The summed E-state index contributed by atoms with van der Waals surface area (Å²) in [5, 5.41) is 28.1. The molecule has 0 heterocycles. The molecule has 0 saturated carbocycles. The van der Waals surface area contributed by atoms with Gasteiger partial charge in [-0.3, -0.25) is 10.1 Å². The van der Waals surface area contributed by atoms with Crippen LogP contribution in [0.15, 0.2) is 54.1 Å². The number of nitro benzene ring substituents is 1. The molecule has 6 nitrogen and oxygen atoms in total. The summed E-state index contributed by atoms with van der Waals surface area (Å²) < 4.78 is 5.62. The summed E-state index contributed by atoms with van der Waals surface area (Å²) in [6, 6.07) is 16.7. The van der Waals surface area contributed by atoms with E-state index in [1.807, 2.05) is 0 Å². The molecule has 0 fully saturated rings. The summed E-state index contributed by atoms with van der Waals surface area (Å²) in [5.74, 6) is 0.576. The Balaban J connectivity index is 2.07. The SMILES string of the molecule is N#CC(C#N)=Cc1cccc(OCc2ccc([N+](=O)[O-])cc2)c1. The van der Waals surface area contributed by atoms with Gasteiger partial charge in [-0.25, -0.2) is 0 Å². The van der Waals surface area contributed by atoms with Gasteiger partial charge in [0, 0.05) is 12.1 Å². The predicted octanol–water partition coefficient (Wildman–Crippen LogP) is 3.60. The van der Waals surface area contributed by atoms with Gasteiger partial charge in [-0.15, -0.1) is 0 Å². The van der Waals surface area contributed by atoms with Crippen molar-refractivity contribution >= 4 is 11.8 Å². The van der Waals surface area contributed by atoms with Gasteiger partial charge < -0.3 is 4.74 Å². The van der Waals surface area contributed by atoms with Crippen molar-refractivity contribution in [2.45, 2.75) is 6.61 Å². The quantitative estimate of drug-likeness (QED) is 0.477. The Morgan fingerprint density at radius 3 is 2.48 bits per heavy atom. The highest BCUT2D eigenvalue weighted by atomic mass is 16.6. The first-order chi connectivity index (χ1) is 11.1. The molecule has 0 aromatic heterocycles. The summed E-state index contributed by atoms with van der Waals surface area (Å²) in [6.45, 7) is 0.258. The predicted molar refractivity (Wildman–Crippen MR) is 83.1 cm³/mol. The number of hydrogen-bond donors (Lipinski definition) is 0. The molecule has 0 bridgehead atoms. The minimum absolute atomic E-state index is 0.0116. The molecule has 0 aliphatic carbocycles. The third-order valence-corrected chi connectivity index (χ3v) is 2.96. The van der Waals surface area contributed by atoms with Gasteiger partial charge in [0.25, 0.3) is 5.69 Å². The highest BCUT2D eigenvalue weighted by molar-refractivity contribution is 5.62. The number of non-ortho nitro benzene ring substituents is 1. The second kappa shape index (κ2) is 7.39. The van der Waals surface area contributed by atoms with Gasteiger partial charge >= 0.3 is 0 Å². The van der Waals surface area contributed by atoms with Crippen LogP contribution in [0.5, 0.6) is 5.75 Å². The molecular weight excluding hydrogens is 294 g/mol. The molecule has 0 N–H and O–H groups in total. The number of allylic oxidation sites excluding steroid dienone is 1. The Bertz CT molecular complexity index is 811. The normalized spacial score (nSPS) is 9.30. The van der Waals surface area contributed by atoms with Gasteiger partial charge in [-0.1, -0.05) is 12.1 Å². The fourth-order valence-electron chi connectivity index (χ4n) is 1.83. The molecule has 0 spiro atoms. The Labute approximate surface area is 132 Å². The van der Waals surface area contributed by atoms with E-state index in [-0.39, 0.29) is 17.9 Å². The molecular formula is C17H11N3O3. The first kappa shape index (κ1) is 15.7. The summed E-state index contributed by atoms with van der Waals surface area (Å²) in [7, 11) is 0. The van der Waals surface area contributed by atoms with Crippen LogP contribution >= 0.6 is 0 Å². The summed E-state index contributed by atoms with van der Waals surface area (Å²) in [6.07, 6.45) is 1.47. The lowest BCUT2D eigenvalue weighted by Gasteiger charge is -2.07. The summed E-state index contributed by atoms with van der Waals surface area (Å²) in [5.41, 5.74) is 1.52. The fourth-order valence-corrected chi connectivity index (χ4v) is 1.83. The Morgan fingerprint density at radius 2 is 1.87 bits per heavy atom. The highest BCUT2D eigenvalue weighted by Crippen LogP contribution is 2.18. The van der Waals surface area contributed by atoms with Crippen LogP contribution in [0, 0.1) is 32.8 Å². The van der Waals surface area contributed by atoms with Crippen LogP contribution in [-0.4, -0.2) is 4.92 Å². The van der Waals surface area contributed by atoms with Gasteiger partial charge in [0.1, 0.15) is 30.1 Å². The molecule has 112 valence electrons. The van der Waals surface area contributed by atoms with Gasteiger partial charge in [-0.05, 0) is 41.5 Å². The van der Waals surface area contributed by atoms with E-state index in [1.165, 1.54) is 18.2 Å². The van der Waals surface area contributed by atoms with Crippen LogP contribution in [0.1, 0.15) is 11.1 Å². The van der Waals surface area contributed by atoms with E-state index in [0.29, 0.717) is 11.3 Å². The number of benzene rings is 2. The third kappa shape index (κ3) is 4.42. The van der Waals surface area contributed by atoms with E-state index in [0.717, 1.165) is 5.56 Å². The molecule has 2 aromatic rings. The van der Waals surface area contributed by atoms with Crippen LogP contribution in [-0.2, 0) is 6.61 Å². The lowest BCUT2D eigenvalue weighted by atomic mass is 10.1. The summed E-state index contributed by atoms with van der Waals surface area (Å²) in [4.78, 5) is 10.1. The number of nitro groups is 1. The van der Waals surface area contributed by atoms with Crippen LogP contribution in [0.4, 0.5) is 5.69 Å². The smallest absolute Gasteiger partial charge is 0.269 e. The molecule has 23 heavy (non-hydrogen) atoms. The van der Waals surface area contributed by atoms with Crippen LogP contribution < -0.4 is 4.74 Å². The largest absolute Gasteiger partial charge is 0.489 e. The zero-order valence-electron chi connectivity index (χ0n) is 12.0. The van der Waals surface area contributed by atoms with E-state index >= 15 is 0 Å². The third-order valence-electron chi connectivity index (χ3n) is 2.96. The maximum absolute atomic E-state index is 10.6.